The maximum Gasteiger partial charge on any atom is 0.230 e. The lowest BCUT2D eigenvalue weighted by Crippen LogP contribution is -2.51. The van der Waals surface area contributed by atoms with E-state index in [0.717, 1.165) is 0 Å². The highest BCUT2D eigenvalue weighted by atomic mass is 16.3. The summed E-state index contributed by atoms with van der Waals surface area (Å²) >= 11 is 0. The number of hydrogen-bond donors (Lipinski definition) is 1. The molecule has 1 fully saturated rings. The lowest BCUT2D eigenvalue weighted by Gasteiger charge is -2.37. The van der Waals surface area contributed by atoms with E-state index in [1.54, 1.807) is 6.92 Å². The van der Waals surface area contributed by atoms with Gasteiger partial charge in [-0.2, -0.15) is 0 Å². The summed E-state index contributed by atoms with van der Waals surface area (Å²) in [5, 5.41) is 8.91. The molecule has 1 rings (SSSR count). The Kier molecular flexibility index (Phi) is 2.95. The first-order chi connectivity index (χ1) is 6.37. The average Bonchev–Trinajstić information content (AvgIpc) is 1.99. The summed E-state index contributed by atoms with van der Waals surface area (Å²) in [5.74, 6) is -0.347. The molecule has 0 saturated carbocycles. The lowest BCUT2D eigenvalue weighted by molar-refractivity contribution is -0.155. The molecule has 80 valence electrons. The van der Waals surface area contributed by atoms with Crippen molar-refractivity contribution in [3.8, 4) is 0 Å². The molecule has 0 radical (unpaired) electrons. The van der Waals surface area contributed by atoms with Crippen molar-refractivity contribution in [2.45, 2.75) is 39.7 Å². The molecule has 1 unspecified atom stereocenters. The number of nitrogens with zero attached hydrogens (tertiary/aromatic N) is 1. The molecule has 2 amide bonds. The van der Waals surface area contributed by atoms with Gasteiger partial charge in [-0.15, -0.1) is 0 Å². The summed E-state index contributed by atoms with van der Waals surface area (Å²) in [5.41, 5.74) is -0.236. The van der Waals surface area contributed by atoms with Crippen LogP contribution in [-0.2, 0) is 9.59 Å². The Bertz CT molecular complexity index is 240. The zero-order chi connectivity index (χ0) is 10.9. The van der Waals surface area contributed by atoms with Gasteiger partial charge < -0.3 is 5.11 Å². The van der Waals surface area contributed by atoms with Crippen molar-refractivity contribution < 1.29 is 14.7 Å². The summed E-state index contributed by atoms with van der Waals surface area (Å²) in [7, 11) is 0. The molecule has 1 heterocycles. The molecule has 0 aromatic heterocycles. The molecule has 4 nitrogen and oxygen atoms in total. The topological polar surface area (TPSA) is 57.6 Å². The lowest BCUT2D eigenvalue weighted by atomic mass is 9.81. The van der Waals surface area contributed by atoms with Crippen LogP contribution in [0.5, 0.6) is 0 Å². The third-order valence-corrected chi connectivity index (χ3v) is 2.50. The number of aliphatic hydroxyl groups is 1. The van der Waals surface area contributed by atoms with Crippen molar-refractivity contribution in [2.75, 3.05) is 6.61 Å². The second-order valence-corrected chi connectivity index (χ2v) is 4.71. The number of carbonyl (C=O) groups excluding carboxylic acids is 2. The molecular formula is C10H17NO3. The first kappa shape index (κ1) is 11.2. The molecule has 0 bridgehead atoms. The van der Waals surface area contributed by atoms with E-state index in [0.29, 0.717) is 12.8 Å². The number of rotatable bonds is 2. The van der Waals surface area contributed by atoms with E-state index in [2.05, 4.69) is 0 Å². The van der Waals surface area contributed by atoms with Crippen molar-refractivity contribution in [3.05, 3.63) is 0 Å². The normalized spacial score (nSPS) is 23.9. The van der Waals surface area contributed by atoms with Gasteiger partial charge in [0, 0.05) is 12.8 Å². The van der Waals surface area contributed by atoms with Crippen molar-refractivity contribution in [2.24, 2.45) is 5.41 Å². The first-order valence-corrected chi connectivity index (χ1v) is 4.83. The highest BCUT2D eigenvalue weighted by Crippen LogP contribution is 2.32. The fourth-order valence-corrected chi connectivity index (χ4v) is 1.76. The molecular weight excluding hydrogens is 182 g/mol. The molecule has 4 heteroatoms. The molecule has 1 aliphatic rings. The number of aliphatic hydroxyl groups excluding tert-OH is 1. The number of piperidine rings is 1. The largest absolute Gasteiger partial charge is 0.394 e. The van der Waals surface area contributed by atoms with Gasteiger partial charge in [0.05, 0.1) is 12.6 Å². The van der Waals surface area contributed by atoms with Crippen LogP contribution in [0, 0.1) is 5.41 Å². The number of likely N-dealkylation sites (tertiary alicyclic amines) is 1. The summed E-state index contributed by atoms with van der Waals surface area (Å²) in [6, 6.07) is -0.397. The molecule has 0 aromatic rings. The van der Waals surface area contributed by atoms with E-state index >= 15 is 0 Å². The van der Waals surface area contributed by atoms with Gasteiger partial charge in [0.1, 0.15) is 0 Å². The van der Waals surface area contributed by atoms with Crippen LogP contribution >= 0.6 is 0 Å². The Morgan fingerprint density at radius 1 is 1.36 bits per heavy atom. The molecule has 1 atom stereocenters. The quantitative estimate of drug-likeness (QED) is 0.660. The fraction of sp³-hybridized carbons (Fsp3) is 0.800. The molecule has 1 N–H and O–H groups in total. The summed E-state index contributed by atoms with van der Waals surface area (Å²) in [6.07, 6.45) is 0.756. The summed E-state index contributed by atoms with van der Waals surface area (Å²) < 4.78 is 0. The minimum Gasteiger partial charge on any atom is -0.394 e. The predicted molar refractivity (Wildman–Crippen MR) is 51.4 cm³/mol. The minimum absolute atomic E-state index is 0.169. The zero-order valence-corrected chi connectivity index (χ0v) is 8.91. The van der Waals surface area contributed by atoms with Crippen LogP contribution in [0.3, 0.4) is 0 Å². The van der Waals surface area contributed by atoms with Crippen molar-refractivity contribution in [3.63, 3.8) is 0 Å². The second-order valence-electron chi connectivity index (χ2n) is 4.71. The van der Waals surface area contributed by atoms with E-state index < -0.39 is 6.04 Å². The highest BCUT2D eigenvalue weighted by Gasteiger charge is 2.39. The van der Waals surface area contributed by atoms with Gasteiger partial charge in [-0.05, 0) is 12.3 Å². The maximum absolute atomic E-state index is 11.6. The highest BCUT2D eigenvalue weighted by molar-refractivity contribution is 5.98. The van der Waals surface area contributed by atoms with Crippen LogP contribution in [0.2, 0.25) is 0 Å². The van der Waals surface area contributed by atoms with Gasteiger partial charge in [-0.3, -0.25) is 14.5 Å². The standard InChI is InChI=1S/C10H17NO3/c1-7(6-12)11-8(13)4-10(2,3)5-9(11)14/h7,12H,4-6H2,1-3H3. The Morgan fingerprint density at radius 2 is 1.79 bits per heavy atom. The maximum atomic E-state index is 11.6. The van der Waals surface area contributed by atoms with Gasteiger partial charge in [-0.1, -0.05) is 13.8 Å². The molecule has 1 saturated heterocycles. The van der Waals surface area contributed by atoms with E-state index in [4.69, 9.17) is 5.11 Å². The van der Waals surface area contributed by atoms with Crippen molar-refractivity contribution in [1.29, 1.82) is 0 Å². The molecule has 14 heavy (non-hydrogen) atoms. The average molecular weight is 199 g/mol. The monoisotopic (exact) mass is 199 g/mol. The first-order valence-electron chi connectivity index (χ1n) is 4.83. The van der Waals surface area contributed by atoms with Crippen LogP contribution in [0.15, 0.2) is 0 Å². The van der Waals surface area contributed by atoms with Gasteiger partial charge in [0.25, 0.3) is 0 Å². The molecule has 1 aliphatic heterocycles. The van der Waals surface area contributed by atoms with Crippen molar-refractivity contribution in [1.82, 2.24) is 4.90 Å². The second kappa shape index (κ2) is 3.69. The summed E-state index contributed by atoms with van der Waals surface area (Å²) in [6.45, 7) is 5.32. The number of hydrogen-bond acceptors (Lipinski definition) is 3. The van der Waals surface area contributed by atoms with E-state index in [-0.39, 0.29) is 23.8 Å². The smallest absolute Gasteiger partial charge is 0.230 e. The van der Waals surface area contributed by atoms with Gasteiger partial charge >= 0.3 is 0 Å². The predicted octanol–water partition coefficient (Wildman–Crippen LogP) is 0.542. The zero-order valence-electron chi connectivity index (χ0n) is 8.91. The van der Waals surface area contributed by atoms with Crippen molar-refractivity contribution >= 4 is 11.8 Å². The van der Waals surface area contributed by atoms with E-state index in [9.17, 15) is 9.59 Å². The molecule has 0 aromatic carbocycles. The Balaban J connectivity index is 2.81. The van der Waals surface area contributed by atoms with Crippen LogP contribution in [0.4, 0.5) is 0 Å². The Hall–Kier alpha value is -0.900. The Labute approximate surface area is 83.9 Å². The third kappa shape index (κ3) is 2.12. The van der Waals surface area contributed by atoms with Crippen LogP contribution in [-0.4, -0.2) is 34.5 Å². The van der Waals surface area contributed by atoms with Gasteiger partial charge in [0.2, 0.25) is 11.8 Å². The van der Waals surface area contributed by atoms with Gasteiger partial charge in [-0.25, -0.2) is 0 Å². The van der Waals surface area contributed by atoms with Gasteiger partial charge in [0.15, 0.2) is 0 Å². The SMILES string of the molecule is CC(CO)N1C(=O)CC(C)(C)CC1=O. The molecule has 0 spiro atoms. The number of amides is 2. The van der Waals surface area contributed by atoms with Crippen LogP contribution < -0.4 is 0 Å². The summed E-state index contributed by atoms with van der Waals surface area (Å²) in [4.78, 5) is 24.4. The fourth-order valence-electron chi connectivity index (χ4n) is 1.76. The molecule has 0 aliphatic carbocycles. The minimum atomic E-state index is -0.397. The Morgan fingerprint density at radius 3 is 2.14 bits per heavy atom. The number of imide groups is 1. The van der Waals surface area contributed by atoms with Crippen LogP contribution in [0.1, 0.15) is 33.6 Å². The van der Waals surface area contributed by atoms with E-state index in [1.807, 2.05) is 13.8 Å². The van der Waals surface area contributed by atoms with E-state index in [1.165, 1.54) is 4.90 Å². The third-order valence-electron chi connectivity index (χ3n) is 2.50. The van der Waals surface area contributed by atoms with Crippen LogP contribution in [0.25, 0.3) is 0 Å². The number of carbonyl (C=O) groups is 2.